The van der Waals surface area contributed by atoms with Crippen LogP contribution in [0.15, 0.2) is 67.3 Å². The van der Waals surface area contributed by atoms with Gasteiger partial charge in [0.15, 0.2) is 0 Å². The Hall–Kier alpha value is -2.81. The Morgan fingerprint density at radius 3 is 2.81 bits per heavy atom. The van der Waals surface area contributed by atoms with Crippen molar-refractivity contribution in [3.63, 3.8) is 0 Å². The van der Waals surface area contributed by atoms with Gasteiger partial charge in [-0.1, -0.05) is 18.2 Å². The zero-order chi connectivity index (χ0) is 18.1. The average molecular weight is 456 g/mol. The number of hydrogen-bond acceptors (Lipinski definition) is 4. The molecular formula is C19H13IN4O2. The van der Waals surface area contributed by atoms with Gasteiger partial charge in [0.25, 0.3) is 5.69 Å². The van der Waals surface area contributed by atoms with Crippen molar-refractivity contribution in [1.29, 1.82) is 0 Å². The van der Waals surface area contributed by atoms with E-state index >= 15 is 0 Å². The first-order valence-corrected chi connectivity index (χ1v) is 8.98. The second kappa shape index (κ2) is 6.83. The molecule has 2 aromatic heterocycles. The maximum Gasteiger partial charge on any atom is 0.270 e. The summed E-state index contributed by atoms with van der Waals surface area (Å²) < 4.78 is 3.10. The highest BCUT2D eigenvalue weighted by Crippen LogP contribution is 2.31. The first-order valence-electron chi connectivity index (χ1n) is 7.90. The first kappa shape index (κ1) is 16.6. The molecule has 2 heterocycles. The summed E-state index contributed by atoms with van der Waals surface area (Å²) in [5.74, 6) is 0. The van der Waals surface area contributed by atoms with E-state index in [9.17, 15) is 10.1 Å². The molecule has 0 N–H and O–H groups in total. The second-order valence-corrected chi connectivity index (χ2v) is 6.98. The topological polar surface area (TPSA) is 73.8 Å². The zero-order valence-electron chi connectivity index (χ0n) is 13.5. The molecule has 128 valence electrons. The van der Waals surface area contributed by atoms with Crippen LogP contribution in [0.3, 0.4) is 0 Å². The molecule has 0 aliphatic rings. The molecule has 26 heavy (non-hydrogen) atoms. The number of fused-ring (bicyclic) bond motifs is 1. The van der Waals surface area contributed by atoms with Gasteiger partial charge in [0, 0.05) is 35.8 Å². The fourth-order valence-electron chi connectivity index (χ4n) is 2.97. The molecule has 2 aromatic carbocycles. The second-order valence-electron chi connectivity index (χ2n) is 5.87. The number of nitro benzene ring substituents is 1. The number of halogens is 1. The van der Waals surface area contributed by atoms with Gasteiger partial charge in [-0.2, -0.15) is 0 Å². The standard InChI is InChI=1S/C19H13IN4O2/c20-18-10-21-12-23(18)11-13-7-15-4-2-6-22-19(15)17(8-13)14-3-1-5-16(9-14)24(25)26/h1-10,12H,11H2. The summed E-state index contributed by atoms with van der Waals surface area (Å²) in [5.41, 5.74) is 3.66. The van der Waals surface area contributed by atoms with Gasteiger partial charge in [-0.15, -0.1) is 0 Å². The summed E-state index contributed by atoms with van der Waals surface area (Å²) in [7, 11) is 0. The van der Waals surface area contributed by atoms with E-state index in [1.54, 1.807) is 24.7 Å². The van der Waals surface area contributed by atoms with Gasteiger partial charge in [0.05, 0.1) is 26.7 Å². The van der Waals surface area contributed by atoms with Crippen molar-refractivity contribution in [3.8, 4) is 11.1 Å². The quantitative estimate of drug-likeness (QED) is 0.255. The Bertz CT molecular complexity index is 1120. The van der Waals surface area contributed by atoms with Crippen LogP contribution in [0.1, 0.15) is 5.56 Å². The Labute approximate surface area is 162 Å². The van der Waals surface area contributed by atoms with E-state index < -0.39 is 0 Å². The predicted octanol–water partition coefficient (Wildman–Crippen LogP) is 4.66. The third kappa shape index (κ3) is 3.17. The lowest BCUT2D eigenvalue weighted by molar-refractivity contribution is -0.384. The Balaban J connectivity index is 1.89. The molecule has 0 aliphatic heterocycles. The molecule has 0 amide bonds. The van der Waals surface area contributed by atoms with Crippen LogP contribution >= 0.6 is 22.6 Å². The number of nitrogens with zero attached hydrogens (tertiary/aromatic N) is 4. The lowest BCUT2D eigenvalue weighted by Crippen LogP contribution is -2.01. The number of imidazole rings is 1. The highest BCUT2D eigenvalue weighted by Gasteiger charge is 2.12. The third-order valence-corrected chi connectivity index (χ3v) is 5.05. The minimum absolute atomic E-state index is 0.0705. The molecule has 0 saturated carbocycles. The summed E-state index contributed by atoms with van der Waals surface area (Å²) in [4.78, 5) is 19.4. The fourth-order valence-corrected chi connectivity index (χ4v) is 3.43. The molecule has 0 unspecified atom stereocenters. The van der Waals surface area contributed by atoms with Crippen molar-refractivity contribution < 1.29 is 4.92 Å². The zero-order valence-corrected chi connectivity index (χ0v) is 15.7. The molecule has 0 radical (unpaired) electrons. The van der Waals surface area contributed by atoms with E-state index in [0.717, 1.165) is 31.3 Å². The molecule has 0 bridgehead atoms. The van der Waals surface area contributed by atoms with Crippen LogP contribution in [0, 0.1) is 13.8 Å². The van der Waals surface area contributed by atoms with Crippen LogP contribution < -0.4 is 0 Å². The largest absolute Gasteiger partial charge is 0.322 e. The minimum Gasteiger partial charge on any atom is -0.322 e. The number of nitro groups is 1. The summed E-state index contributed by atoms with van der Waals surface area (Å²) >= 11 is 2.25. The van der Waals surface area contributed by atoms with Crippen LogP contribution in [-0.2, 0) is 6.54 Å². The average Bonchev–Trinajstić information content (AvgIpc) is 3.06. The van der Waals surface area contributed by atoms with E-state index in [4.69, 9.17) is 0 Å². The first-order chi connectivity index (χ1) is 12.6. The highest BCUT2D eigenvalue weighted by atomic mass is 127. The van der Waals surface area contributed by atoms with Crippen LogP contribution in [0.4, 0.5) is 5.69 Å². The van der Waals surface area contributed by atoms with Gasteiger partial charge in [-0.25, -0.2) is 4.98 Å². The summed E-state index contributed by atoms with van der Waals surface area (Å²) in [6.45, 7) is 0.672. The van der Waals surface area contributed by atoms with E-state index in [-0.39, 0.29) is 10.6 Å². The number of benzene rings is 2. The molecule has 7 heteroatoms. The van der Waals surface area contributed by atoms with Gasteiger partial charge in [0.2, 0.25) is 0 Å². The van der Waals surface area contributed by atoms with Crippen molar-refractivity contribution in [2.45, 2.75) is 6.54 Å². The van der Waals surface area contributed by atoms with E-state index in [1.165, 1.54) is 6.07 Å². The van der Waals surface area contributed by atoms with Gasteiger partial charge < -0.3 is 4.57 Å². The van der Waals surface area contributed by atoms with Gasteiger partial charge in [-0.05, 0) is 51.9 Å². The summed E-state index contributed by atoms with van der Waals surface area (Å²) in [6, 6.07) is 14.7. The van der Waals surface area contributed by atoms with Crippen molar-refractivity contribution in [3.05, 3.63) is 86.6 Å². The maximum atomic E-state index is 11.1. The normalized spacial score (nSPS) is 11.0. The Kier molecular flexibility index (Phi) is 4.37. The Morgan fingerprint density at radius 2 is 2.04 bits per heavy atom. The molecule has 6 nitrogen and oxygen atoms in total. The Morgan fingerprint density at radius 1 is 1.15 bits per heavy atom. The number of aromatic nitrogens is 3. The lowest BCUT2D eigenvalue weighted by atomic mass is 9.98. The van der Waals surface area contributed by atoms with Crippen molar-refractivity contribution >= 4 is 39.2 Å². The number of rotatable bonds is 4. The van der Waals surface area contributed by atoms with E-state index in [2.05, 4.69) is 43.2 Å². The third-order valence-electron chi connectivity index (χ3n) is 4.15. The van der Waals surface area contributed by atoms with Gasteiger partial charge in [-0.3, -0.25) is 15.1 Å². The molecule has 0 aliphatic carbocycles. The molecule has 4 rings (SSSR count). The maximum absolute atomic E-state index is 11.1. The van der Waals surface area contributed by atoms with Crippen LogP contribution in [-0.4, -0.2) is 19.5 Å². The van der Waals surface area contributed by atoms with Crippen molar-refractivity contribution in [1.82, 2.24) is 14.5 Å². The predicted molar refractivity (Wildman–Crippen MR) is 108 cm³/mol. The molecule has 0 atom stereocenters. The van der Waals surface area contributed by atoms with Gasteiger partial charge in [0.1, 0.15) is 0 Å². The lowest BCUT2D eigenvalue weighted by Gasteiger charge is -2.11. The SMILES string of the molecule is O=[N+]([O-])c1cccc(-c2cc(Cn3cncc3I)cc3cccnc23)c1. The molecule has 0 spiro atoms. The molecule has 4 aromatic rings. The number of pyridine rings is 1. The van der Waals surface area contributed by atoms with E-state index in [0.29, 0.717) is 6.54 Å². The van der Waals surface area contributed by atoms with Gasteiger partial charge >= 0.3 is 0 Å². The van der Waals surface area contributed by atoms with E-state index in [1.807, 2.05) is 30.5 Å². The fraction of sp³-hybridized carbons (Fsp3) is 0.0526. The summed E-state index contributed by atoms with van der Waals surface area (Å²) in [6.07, 6.45) is 5.34. The molecular weight excluding hydrogens is 443 g/mol. The van der Waals surface area contributed by atoms with Crippen molar-refractivity contribution in [2.24, 2.45) is 0 Å². The van der Waals surface area contributed by atoms with Crippen LogP contribution in [0.2, 0.25) is 0 Å². The summed E-state index contributed by atoms with van der Waals surface area (Å²) in [5, 5.41) is 12.1. The monoisotopic (exact) mass is 456 g/mol. The smallest absolute Gasteiger partial charge is 0.270 e. The minimum atomic E-state index is -0.378. The van der Waals surface area contributed by atoms with Crippen LogP contribution in [0.5, 0.6) is 0 Å². The number of hydrogen-bond donors (Lipinski definition) is 0. The van der Waals surface area contributed by atoms with Crippen LogP contribution in [0.25, 0.3) is 22.0 Å². The molecule has 0 fully saturated rings. The van der Waals surface area contributed by atoms with Crippen molar-refractivity contribution in [2.75, 3.05) is 0 Å². The highest BCUT2D eigenvalue weighted by molar-refractivity contribution is 14.1. The number of non-ortho nitro benzene ring substituents is 1. The molecule has 0 saturated heterocycles.